The topological polar surface area (TPSA) is 77.8 Å². The number of hydrogen-bond acceptors (Lipinski definition) is 3. The van der Waals surface area contributed by atoms with Crippen LogP contribution in [0.25, 0.3) is 0 Å². The summed E-state index contributed by atoms with van der Waals surface area (Å²) in [4.78, 5) is 20.9. The lowest BCUT2D eigenvalue weighted by Crippen LogP contribution is -2.27. The van der Waals surface area contributed by atoms with Gasteiger partial charge in [-0.2, -0.15) is 0 Å². The van der Waals surface area contributed by atoms with Gasteiger partial charge in [0.1, 0.15) is 0 Å². The van der Waals surface area contributed by atoms with E-state index in [1.165, 1.54) is 6.66 Å². The lowest BCUT2D eigenvalue weighted by molar-refractivity contribution is -0.137. The molecular formula is C7H16NO4P. The Kier molecular flexibility index (Phi) is 5.21. The minimum absolute atomic E-state index is 0.00778. The predicted octanol–water partition coefficient (Wildman–Crippen LogP) is 0.641. The summed E-state index contributed by atoms with van der Waals surface area (Å²) >= 11 is 0. The number of rotatable bonds is 6. The molecule has 13 heavy (non-hydrogen) atoms. The molecule has 78 valence electrons. The third-order valence-electron chi connectivity index (χ3n) is 1.55. The van der Waals surface area contributed by atoms with Gasteiger partial charge in [0.05, 0.1) is 12.7 Å². The van der Waals surface area contributed by atoms with Gasteiger partial charge in [0.2, 0.25) is 7.37 Å². The van der Waals surface area contributed by atoms with Crippen molar-refractivity contribution < 1.29 is 19.4 Å². The minimum Gasteiger partial charge on any atom is -0.481 e. The first kappa shape index (κ1) is 12.6. The number of carboxylic acids is 1. The molecule has 1 unspecified atom stereocenters. The van der Waals surface area contributed by atoms with Gasteiger partial charge in [-0.15, -0.1) is 0 Å². The molecule has 0 aliphatic carbocycles. The second kappa shape index (κ2) is 5.37. The SMILES string of the molecule is CCN(CCC(=O)O)CP(C)(=O)O. The van der Waals surface area contributed by atoms with Crippen LogP contribution in [0.4, 0.5) is 0 Å². The second-order valence-corrected chi connectivity index (χ2v) is 5.43. The fourth-order valence-electron chi connectivity index (χ4n) is 0.954. The fraction of sp³-hybridized carbons (Fsp3) is 0.857. The van der Waals surface area contributed by atoms with Crippen LogP contribution in [0.5, 0.6) is 0 Å². The fourth-order valence-corrected chi connectivity index (χ4v) is 2.04. The van der Waals surface area contributed by atoms with Crippen molar-refractivity contribution in [2.75, 3.05) is 26.0 Å². The Morgan fingerprint density at radius 3 is 2.38 bits per heavy atom. The number of aliphatic carboxylic acids is 1. The molecule has 0 bridgehead atoms. The van der Waals surface area contributed by atoms with Gasteiger partial charge in [0.15, 0.2) is 0 Å². The van der Waals surface area contributed by atoms with Crippen LogP contribution in [0, 0.1) is 0 Å². The van der Waals surface area contributed by atoms with Crippen LogP contribution in [-0.4, -0.2) is 46.9 Å². The molecule has 0 aliphatic heterocycles. The first-order valence-corrected chi connectivity index (χ1v) is 6.38. The van der Waals surface area contributed by atoms with Crippen molar-refractivity contribution >= 4 is 13.3 Å². The zero-order valence-corrected chi connectivity index (χ0v) is 8.83. The standard InChI is InChI=1S/C7H16NO4P/c1-3-8(5-4-7(9)10)6-13(2,11)12/h3-6H2,1-2H3,(H,9,10)(H,11,12). The van der Waals surface area contributed by atoms with Crippen molar-refractivity contribution in [1.82, 2.24) is 4.90 Å². The van der Waals surface area contributed by atoms with Crippen molar-refractivity contribution in [1.29, 1.82) is 0 Å². The highest BCUT2D eigenvalue weighted by molar-refractivity contribution is 7.57. The molecule has 0 aromatic heterocycles. The smallest absolute Gasteiger partial charge is 0.304 e. The molecule has 0 amide bonds. The van der Waals surface area contributed by atoms with Gasteiger partial charge in [0.25, 0.3) is 0 Å². The van der Waals surface area contributed by atoms with E-state index in [4.69, 9.17) is 10.00 Å². The predicted molar refractivity (Wildman–Crippen MR) is 50.1 cm³/mol. The summed E-state index contributed by atoms with van der Waals surface area (Å²) in [5.41, 5.74) is 0. The van der Waals surface area contributed by atoms with Crippen molar-refractivity contribution in [2.24, 2.45) is 0 Å². The quantitative estimate of drug-likeness (QED) is 0.627. The molecule has 6 heteroatoms. The van der Waals surface area contributed by atoms with Crippen molar-refractivity contribution in [3.8, 4) is 0 Å². The van der Waals surface area contributed by atoms with Crippen LogP contribution >= 0.6 is 7.37 Å². The van der Waals surface area contributed by atoms with Gasteiger partial charge in [0, 0.05) is 13.2 Å². The number of carbonyl (C=O) groups is 1. The normalized spacial score (nSPS) is 15.7. The van der Waals surface area contributed by atoms with E-state index in [0.717, 1.165) is 0 Å². The highest BCUT2D eigenvalue weighted by atomic mass is 31.2. The largest absolute Gasteiger partial charge is 0.481 e. The van der Waals surface area contributed by atoms with E-state index in [0.29, 0.717) is 13.1 Å². The van der Waals surface area contributed by atoms with Crippen LogP contribution in [0.1, 0.15) is 13.3 Å². The molecule has 0 radical (unpaired) electrons. The van der Waals surface area contributed by atoms with Gasteiger partial charge in [-0.3, -0.25) is 14.3 Å². The zero-order valence-electron chi connectivity index (χ0n) is 7.93. The van der Waals surface area contributed by atoms with Crippen LogP contribution in [-0.2, 0) is 9.36 Å². The molecule has 0 fully saturated rings. The summed E-state index contributed by atoms with van der Waals surface area (Å²) in [6.45, 7) is 4.02. The molecule has 0 aromatic rings. The maximum atomic E-state index is 11.0. The first-order valence-electron chi connectivity index (χ1n) is 4.08. The molecule has 0 saturated heterocycles. The van der Waals surface area contributed by atoms with Crippen LogP contribution in [0.2, 0.25) is 0 Å². The Hall–Kier alpha value is -0.380. The Bertz CT molecular complexity index is 213. The monoisotopic (exact) mass is 209 g/mol. The molecular weight excluding hydrogens is 193 g/mol. The number of hydrogen-bond donors (Lipinski definition) is 2. The summed E-state index contributed by atoms with van der Waals surface area (Å²) in [5.74, 6) is -0.887. The average molecular weight is 209 g/mol. The summed E-state index contributed by atoms with van der Waals surface area (Å²) in [5, 5.41) is 8.40. The van der Waals surface area contributed by atoms with Gasteiger partial charge in [-0.05, 0) is 6.54 Å². The Labute approximate surface area is 77.8 Å². The third-order valence-corrected chi connectivity index (χ3v) is 2.48. The minimum atomic E-state index is -3.07. The number of nitrogens with zero attached hydrogens (tertiary/aromatic N) is 1. The first-order chi connectivity index (χ1) is 5.85. The lowest BCUT2D eigenvalue weighted by Gasteiger charge is -2.20. The van der Waals surface area contributed by atoms with Crippen LogP contribution in [0.15, 0.2) is 0 Å². The van der Waals surface area contributed by atoms with E-state index < -0.39 is 13.3 Å². The maximum Gasteiger partial charge on any atom is 0.304 e. The number of carboxylic acid groups (broad SMARTS) is 1. The van der Waals surface area contributed by atoms with Crippen LogP contribution < -0.4 is 0 Å². The highest BCUT2D eigenvalue weighted by Gasteiger charge is 2.15. The maximum absolute atomic E-state index is 11.0. The second-order valence-electron chi connectivity index (χ2n) is 3.05. The molecule has 0 rings (SSSR count). The Morgan fingerprint density at radius 1 is 1.54 bits per heavy atom. The van der Waals surface area contributed by atoms with Crippen LogP contribution in [0.3, 0.4) is 0 Å². The van der Waals surface area contributed by atoms with E-state index in [2.05, 4.69) is 0 Å². The van der Waals surface area contributed by atoms with E-state index >= 15 is 0 Å². The zero-order chi connectivity index (χ0) is 10.5. The van der Waals surface area contributed by atoms with Crippen molar-refractivity contribution in [2.45, 2.75) is 13.3 Å². The van der Waals surface area contributed by atoms with Gasteiger partial charge < -0.3 is 10.00 Å². The molecule has 1 atom stereocenters. The Balaban J connectivity index is 3.90. The summed E-state index contributed by atoms with van der Waals surface area (Å²) in [6, 6.07) is 0. The van der Waals surface area contributed by atoms with E-state index in [9.17, 15) is 9.36 Å². The molecule has 0 spiro atoms. The van der Waals surface area contributed by atoms with Gasteiger partial charge in [-0.25, -0.2) is 0 Å². The lowest BCUT2D eigenvalue weighted by atomic mass is 10.4. The molecule has 0 aliphatic rings. The van der Waals surface area contributed by atoms with E-state index in [1.54, 1.807) is 4.90 Å². The van der Waals surface area contributed by atoms with Crippen molar-refractivity contribution in [3.63, 3.8) is 0 Å². The molecule has 0 heterocycles. The van der Waals surface area contributed by atoms with Crippen molar-refractivity contribution in [3.05, 3.63) is 0 Å². The van der Waals surface area contributed by atoms with E-state index in [1.807, 2.05) is 6.92 Å². The van der Waals surface area contributed by atoms with Gasteiger partial charge >= 0.3 is 5.97 Å². The molecule has 5 nitrogen and oxygen atoms in total. The average Bonchev–Trinajstić information content (AvgIpc) is 1.95. The third kappa shape index (κ3) is 7.96. The summed E-state index contributed by atoms with van der Waals surface area (Å²) in [7, 11) is -3.07. The van der Waals surface area contributed by atoms with E-state index in [-0.39, 0.29) is 12.7 Å². The highest BCUT2D eigenvalue weighted by Crippen LogP contribution is 2.35. The summed E-state index contributed by atoms with van der Waals surface area (Å²) in [6.07, 6.45) is 0.0740. The Morgan fingerprint density at radius 2 is 2.08 bits per heavy atom. The summed E-state index contributed by atoms with van der Waals surface area (Å²) < 4.78 is 11.0. The molecule has 0 saturated carbocycles. The van der Waals surface area contributed by atoms with Gasteiger partial charge in [-0.1, -0.05) is 6.92 Å². The molecule has 2 N–H and O–H groups in total. The molecule has 0 aromatic carbocycles.